The summed E-state index contributed by atoms with van der Waals surface area (Å²) in [7, 11) is -1.96. The van der Waals surface area contributed by atoms with Gasteiger partial charge in [0.1, 0.15) is 6.04 Å². The number of anilines is 1. The number of nitrogens with zero attached hydrogens (tertiary/aromatic N) is 1. The summed E-state index contributed by atoms with van der Waals surface area (Å²) in [4.78, 5) is 14.1. The van der Waals surface area contributed by atoms with Gasteiger partial charge in [-0.25, -0.2) is 13.2 Å². The molecule has 1 aliphatic heterocycles. The Kier molecular flexibility index (Phi) is 4.88. The van der Waals surface area contributed by atoms with Crippen molar-refractivity contribution in [2.24, 2.45) is 0 Å². The minimum Gasteiger partial charge on any atom is -0.467 e. The molecule has 1 aliphatic rings. The Morgan fingerprint density at radius 2 is 2.05 bits per heavy atom. The van der Waals surface area contributed by atoms with E-state index in [1.54, 1.807) is 31.2 Å². The molecule has 5 nitrogen and oxygen atoms in total. The van der Waals surface area contributed by atoms with Gasteiger partial charge in [-0.1, -0.05) is 19.1 Å². The lowest BCUT2D eigenvalue weighted by atomic mass is 10.0. The summed E-state index contributed by atoms with van der Waals surface area (Å²) >= 11 is 0. The monoisotopic (exact) mass is 311 g/mol. The molecule has 0 radical (unpaired) electrons. The highest BCUT2D eigenvalue weighted by molar-refractivity contribution is 7.91. The van der Waals surface area contributed by atoms with Gasteiger partial charge in [0.05, 0.1) is 23.4 Å². The van der Waals surface area contributed by atoms with Crippen molar-refractivity contribution >= 4 is 21.5 Å². The molecule has 2 rings (SSSR count). The van der Waals surface area contributed by atoms with Crippen molar-refractivity contribution in [2.75, 3.05) is 24.3 Å². The van der Waals surface area contributed by atoms with Crippen molar-refractivity contribution in [3.8, 4) is 0 Å². The van der Waals surface area contributed by atoms with Crippen molar-refractivity contribution in [1.82, 2.24) is 0 Å². The quantitative estimate of drug-likeness (QED) is 0.796. The van der Waals surface area contributed by atoms with Gasteiger partial charge in [0.2, 0.25) is 0 Å². The van der Waals surface area contributed by atoms with Crippen LogP contribution in [0.15, 0.2) is 29.2 Å². The Hall–Kier alpha value is -1.56. The number of sulfone groups is 1. The average Bonchev–Trinajstić information content (AvgIpc) is 2.54. The SMILES string of the molecule is CCS(=O)(=O)c1ccccc1N1CCCCC1C(=O)OC. The van der Waals surface area contributed by atoms with Crippen LogP contribution in [-0.4, -0.2) is 39.8 Å². The van der Waals surface area contributed by atoms with Crippen molar-refractivity contribution in [2.45, 2.75) is 37.1 Å². The standard InChI is InChI=1S/C15H21NO4S/c1-3-21(18,19)14-10-5-4-8-12(14)16-11-7-6-9-13(16)15(17)20-2/h4-5,8,10,13H,3,6-7,9,11H2,1-2H3. The third-order valence-corrected chi connectivity index (χ3v) is 5.64. The van der Waals surface area contributed by atoms with E-state index in [1.807, 2.05) is 4.90 Å². The fourth-order valence-electron chi connectivity index (χ4n) is 2.71. The lowest BCUT2D eigenvalue weighted by Gasteiger charge is -2.36. The Morgan fingerprint density at radius 1 is 1.33 bits per heavy atom. The average molecular weight is 311 g/mol. The van der Waals surface area contributed by atoms with Crippen LogP contribution in [-0.2, 0) is 19.4 Å². The van der Waals surface area contributed by atoms with Gasteiger partial charge in [0.25, 0.3) is 0 Å². The van der Waals surface area contributed by atoms with E-state index in [1.165, 1.54) is 7.11 Å². The fraction of sp³-hybridized carbons (Fsp3) is 0.533. The van der Waals surface area contributed by atoms with E-state index < -0.39 is 15.9 Å². The zero-order valence-electron chi connectivity index (χ0n) is 12.4. The van der Waals surface area contributed by atoms with E-state index in [0.717, 1.165) is 12.8 Å². The van der Waals surface area contributed by atoms with Gasteiger partial charge in [-0.15, -0.1) is 0 Å². The van der Waals surface area contributed by atoms with Gasteiger partial charge in [-0.3, -0.25) is 0 Å². The van der Waals surface area contributed by atoms with Gasteiger partial charge >= 0.3 is 5.97 Å². The molecule has 1 heterocycles. The van der Waals surface area contributed by atoms with E-state index in [4.69, 9.17) is 4.74 Å². The number of ether oxygens (including phenoxy) is 1. The maximum absolute atomic E-state index is 12.3. The number of rotatable bonds is 4. The summed E-state index contributed by atoms with van der Waals surface area (Å²) in [5.74, 6) is -0.265. The summed E-state index contributed by atoms with van der Waals surface area (Å²) in [5.41, 5.74) is 0.606. The summed E-state index contributed by atoms with van der Waals surface area (Å²) in [6.07, 6.45) is 2.57. The number of para-hydroxylation sites is 1. The molecule has 0 saturated carbocycles. The first-order valence-electron chi connectivity index (χ1n) is 7.17. The van der Waals surface area contributed by atoms with Crippen molar-refractivity contribution in [1.29, 1.82) is 0 Å². The molecular formula is C15H21NO4S. The lowest BCUT2D eigenvalue weighted by molar-refractivity contribution is -0.142. The van der Waals surface area contributed by atoms with Gasteiger partial charge < -0.3 is 9.64 Å². The van der Waals surface area contributed by atoms with Crippen LogP contribution in [0.25, 0.3) is 0 Å². The number of piperidine rings is 1. The van der Waals surface area contributed by atoms with Crippen molar-refractivity contribution in [3.05, 3.63) is 24.3 Å². The molecule has 1 fully saturated rings. The summed E-state index contributed by atoms with van der Waals surface area (Å²) in [6.45, 7) is 2.29. The molecule has 0 bridgehead atoms. The number of methoxy groups -OCH3 is 1. The molecule has 0 aromatic heterocycles. The third-order valence-electron chi connectivity index (χ3n) is 3.87. The van der Waals surface area contributed by atoms with E-state index >= 15 is 0 Å². The molecule has 1 aromatic carbocycles. The first-order chi connectivity index (χ1) is 10.0. The predicted octanol–water partition coefficient (Wildman–Crippen LogP) is 2.01. The molecule has 1 unspecified atom stereocenters. The van der Waals surface area contributed by atoms with Crippen molar-refractivity contribution in [3.63, 3.8) is 0 Å². The topological polar surface area (TPSA) is 63.7 Å². The molecule has 21 heavy (non-hydrogen) atoms. The van der Waals surface area contributed by atoms with Crippen LogP contribution in [0.4, 0.5) is 5.69 Å². The normalized spacial score (nSPS) is 19.3. The second kappa shape index (κ2) is 6.47. The number of esters is 1. The Balaban J connectivity index is 2.47. The van der Waals surface area contributed by atoms with Gasteiger partial charge in [-0.2, -0.15) is 0 Å². The van der Waals surface area contributed by atoms with E-state index in [9.17, 15) is 13.2 Å². The molecule has 116 valence electrons. The van der Waals surface area contributed by atoms with Crippen LogP contribution in [0, 0.1) is 0 Å². The van der Waals surface area contributed by atoms with Gasteiger partial charge in [0, 0.05) is 6.54 Å². The Bertz CT molecular complexity index is 612. The van der Waals surface area contributed by atoms with E-state index in [-0.39, 0.29) is 11.7 Å². The lowest BCUT2D eigenvalue weighted by Crippen LogP contribution is -2.46. The maximum atomic E-state index is 12.3. The fourth-order valence-corrected chi connectivity index (χ4v) is 3.81. The summed E-state index contributed by atoms with van der Waals surface area (Å²) in [6, 6.07) is 6.48. The number of hydrogen-bond acceptors (Lipinski definition) is 5. The smallest absolute Gasteiger partial charge is 0.328 e. The first-order valence-corrected chi connectivity index (χ1v) is 8.82. The molecule has 0 amide bonds. The van der Waals surface area contributed by atoms with Crippen LogP contribution >= 0.6 is 0 Å². The highest BCUT2D eigenvalue weighted by Gasteiger charge is 2.32. The molecule has 0 N–H and O–H groups in total. The Morgan fingerprint density at radius 3 is 2.71 bits per heavy atom. The second-order valence-corrected chi connectivity index (χ2v) is 7.35. The van der Waals surface area contributed by atoms with Crippen LogP contribution in [0.2, 0.25) is 0 Å². The number of carbonyl (C=O) groups is 1. The zero-order valence-corrected chi connectivity index (χ0v) is 13.2. The van der Waals surface area contributed by atoms with Gasteiger partial charge in [0.15, 0.2) is 9.84 Å². The number of hydrogen-bond donors (Lipinski definition) is 0. The molecule has 6 heteroatoms. The largest absolute Gasteiger partial charge is 0.467 e. The zero-order chi connectivity index (χ0) is 15.5. The highest BCUT2D eigenvalue weighted by atomic mass is 32.2. The molecule has 1 atom stereocenters. The second-order valence-electron chi connectivity index (χ2n) is 5.10. The minimum atomic E-state index is -3.33. The minimum absolute atomic E-state index is 0.0424. The molecule has 1 saturated heterocycles. The third kappa shape index (κ3) is 3.20. The summed E-state index contributed by atoms with van der Waals surface area (Å²) < 4.78 is 29.4. The summed E-state index contributed by atoms with van der Waals surface area (Å²) in [5, 5.41) is 0. The van der Waals surface area contributed by atoms with Crippen LogP contribution < -0.4 is 4.90 Å². The van der Waals surface area contributed by atoms with Gasteiger partial charge in [-0.05, 0) is 31.4 Å². The van der Waals surface area contributed by atoms with Crippen LogP contribution in [0.5, 0.6) is 0 Å². The van der Waals surface area contributed by atoms with Crippen LogP contribution in [0.3, 0.4) is 0 Å². The van der Waals surface area contributed by atoms with Crippen molar-refractivity contribution < 1.29 is 17.9 Å². The Labute approximate surface area is 125 Å². The predicted molar refractivity (Wildman–Crippen MR) is 81.2 cm³/mol. The first kappa shape index (κ1) is 15.8. The van der Waals surface area contributed by atoms with E-state index in [2.05, 4.69) is 0 Å². The van der Waals surface area contributed by atoms with E-state index in [0.29, 0.717) is 23.5 Å². The number of benzene rings is 1. The highest BCUT2D eigenvalue weighted by Crippen LogP contribution is 2.31. The molecular weight excluding hydrogens is 290 g/mol. The molecule has 0 spiro atoms. The molecule has 0 aliphatic carbocycles. The number of carbonyl (C=O) groups excluding carboxylic acids is 1. The maximum Gasteiger partial charge on any atom is 0.328 e. The molecule has 1 aromatic rings. The van der Waals surface area contributed by atoms with Crippen LogP contribution in [0.1, 0.15) is 26.2 Å².